The molecule has 0 aromatic carbocycles. The molecule has 1 heterocycles. The zero-order valence-electron chi connectivity index (χ0n) is 10.5. The van der Waals surface area contributed by atoms with E-state index in [0.717, 1.165) is 19.7 Å². The van der Waals surface area contributed by atoms with Crippen LogP contribution < -0.4 is 5.32 Å². The zero-order chi connectivity index (χ0) is 11.0. The van der Waals surface area contributed by atoms with E-state index < -0.39 is 0 Å². The van der Waals surface area contributed by atoms with Crippen molar-refractivity contribution in [3.8, 4) is 0 Å². The van der Waals surface area contributed by atoms with Crippen molar-refractivity contribution in [2.45, 2.75) is 64.4 Å². The summed E-state index contributed by atoms with van der Waals surface area (Å²) in [7, 11) is 0. The molecule has 0 aliphatic carbocycles. The van der Waals surface area contributed by atoms with E-state index in [0.29, 0.717) is 0 Å². The summed E-state index contributed by atoms with van der Waals surface area (Å²) in [5.41, 5.74) is 0.114. The molecule has 0 aromatic rings. The molecule has 0 saturated carbocycles. The predicted molar refractivity (Wildman–Crippen MR) is 65.2 cm³/mol. The monoisotopic (exact) mass is 213 g/mol. The van der Waals surface area contributed by atoms with Gasteiger partial charge >= 0.3 is 0 Å². The maximum absolute atomic E-state index is 5.99. The maximum atomic E-state index is 5.99. The fourth-order valence-corrected chi connectivity index (χ4v) is 2.18. The molecular weight excluding hydrogens is 186 g/mol. The minimum atomic E-state index is 0.114. The van der Waals surface area contributed by atoms with Gasteiger partial charge in [-0.25, -0.2) is 0 Å². The second-order valence-electron chi connectivity index (χ2n) is 4.99. The highest BCUT2D eigenvalue weighted by Crippen LogP contribution is 2.20. The summed E-state index contributed by atoms with van der Waals surface area (Å²) < 4.78 is 5.99. The summed E-state index contributed by atoms with van der Waals surface area (Å²) in [5.74, 6) is 0. The topological polar surface area (TPSA) is 21.3 Å². The molecule has 15 heavy (non-hydrogen) atoms. The molecule has 1 aliphatic rings. The highest BCUT2D eigenvalue weighted by Gasteiger charge is 2.26. The van der Waals surface area contributed by atoms with Gasteiger partial charge in [-0.3, -0.25) is 0 Å². The molecule has 1 atom stereocenters. The quantitative estimate of drug-likeness (QED) is 0.656. The Labute approximate surface area is 94.8 Å². The highest BCUT2D eigenvalue weighted by molar-refractivity contribution is 4.82. The van der Waals surface area contributed by atoms with Crippen LogP contribution in [0.25, 0.3) is 0 Å². The third-order valence-electron chi connectivity index (χ3n) is 3.26. The molecule has 0 radical (unpaired) electrons. The van der Waals surface area contributed by atoms with Gasteiger partial charge in [0.1, 0.15) is 0 Å². The predicted octanol–water partition coefficient (Wildman–Crippen LogP) is 3.12. The summed E-state index contributed by atoms with van der Waals surface area (Å²) in [6.45, 7) is 7.63. The van der Waals surface area contributed by atoms with Crippen LogP contribution in [0.4, 0.5) is 0 Å². The number of piperidine rings is 1. The average molecular weight is 213 g/mol. The largest absolute Gasteiger partial charge is 0.374 e. The molecule has 1 saturated heterocycles. The van der Waals surface area contributed by atoms with Crippen molar-refractivity contribution < 1.29 is 4.74 Å². The van der Waals surface area contributed by atoms with Crippen molar-refractivity contribution in [2.24, 2.45) is 0 Å². The van der Waals surface area contributed by atoms with E-state index in [4.69, 9.17) is 4.74 Å². The lowest BCUT2D eigenvalue weighted by Crippen LogP contribution is -2.45. The summed E-state index contributed by atoms with van der Waals surface area (Å²) in [6.07, 6.45) is 9.10. The standard InChI is InChI=1S/C13H27NO/c1-3-4-5-6-7-11-15-13(2)9-8-10-14-12-13/h14H,3-12H2,1-2H3. The summed E-state index contributed by atoms with van der Waals surface area (Å²) in [5, 5.41) is 3.41. The first-order valence-corrected chi connectivity index (χ1v) is 6.61. The van der Waals surface area contributed by atoms with Crippen molar-refractivity contribution >= 4 is 0 Å². The van der Waals surface area contributed by atoms with E-state index in [-0.39, 0.29) is 5.60 Å². The summed E-state index contributed by atoms with van der Waals surface area (Å²) in [6, 6.07) is 0. The maximum Gasteiger partial charge on any atom is 0.0778 e. The van der Waals surface area contributed by atoms with Gasteiger partial charge in [0.2, 0.25) is 0 Å². The van der Waals surface area contributed by atoms with Crippen molar-refractivity contribution in [3.63, 3.8) is 0 Å². The Balaban J connectivity index is 1.98. The van der Waals surface area contributed by atoms with E-state index >= 15 is 0 Å². The minimum Gasteiger partial charge on any atom is -0.374 e. The fourth-order valence-electron chi connectivity index (χ4n) is 2.18. The van der Waals surface area contributed by atoms with Gasteiger partial charge in [0.15, 0.2) is 0 Å². The Morgan fingerprint density at radius 2 is 2.00 bits per heavy atom. The lowest BCUT2D eigenvalue weighted by atomic mass is 9.96. The van der Waals surface area contributed by atoms with Gasteiger partial charge in [0, 0.05) is 13.2 Å². The third kappa shape index (κ3) is 5.53. The Hall–Kier alpha value is -0.0800. The molecule has 0 amide bonds. The van der Waals surface area contributed by atoms with Crippen molar-refractivity contribution in [2.75, 3.05) is 19.7 Å². The normalized spacial score (nSPS) is 26.8. The van der Waals surface area contributed by atoms with Gasteiger partial charge in [-0.15, -0.1) is 0 Å². The van der Waals surface area contributed by atoms with Gasteiger partial charge in [-0.05, 0) is 32.7 Å². The van der Waals surface area contributed by atoms with E-state index in [1.54, 1.807) is 0 Å². The number of ether oxygens (including phenoxy) is 1. The number of nitrogens with one attached hydrogen (secondary N) is 1. The van der Waals surface area contributed by atoms with Gasteiger partial charge < -0.3 is 10.1 Å². The van der Waals surface area contributed by atoms with Gasteiger partial charge in [0.05, 0.1) is 5.60 Å². The molecule has 1 unspecified atom stereocenters. The van der Waals surface area contributed by atoms with Crippen LogP contribution in [0.1, 0.15) is 58.8 Å². The van der Waals surface area contributed by atoms with Crippen molar-refractivity contribution in [1.29, 1.82) is 0 Å². The van der Waals surface area contributed by atoms with Gasteiger partial charge in [0.25, 0.3) is 0 Å². The van der Waals surface area contributed by atoms with Crippen LogP contribution in [0, 0.1) is 0 Å². The molecule has 0 bridgehead atoms. The first-order chi connectivity index (χ1) is 7.27. The van der Waals surface area contributed by atoms with Crippen molar-refractivity contribution in [3.05, 3.63) is 0 Å². The van der Waals surface area contributed by atoms with Crippen LogP contribution in [0.5, 0.6) is 0 Å². The Bertz CT molecular complexity index is 153. The number of rotatable bonds is 7. The smallest absolute Gasteiger partial charge is 0.0778 e. The molecule has 1 N–H and O–H groups in total. The van der Waals surface area contributed by atoms with E-state index in [1.807, 2.05) is 0 Å². The van der Waals surface area contributed by atoms with Crippen molar-refractivity contribution in [1.82, 2.24) is 5.32 Å². The van der Waals surface area contributed by atoms with Crippen LogP contribution in [0.2, 0.25) is 0 Å². The fraction of sp³-hybridized carbons (Fsp3) is 1.00. The Morgan fingerprint density at radius 1 is 1.20 bits per heavy atom. The molecule has 0 aromatic heterocycles. The van der Waals surface area contributed by atoms with Gasteiger partial charge in [-0.1, -0.05) is 32.6 Å². The summed E-state index contributed by atoms with van der Waals surface area (Å²) in [4.78, 5) is 0. The molecule has 1 fully saturated rings. The molecule has 1 rings (SSSR count). The first-order valence-electron chi connectivity index (χ1n) is 6.61. The third-order valence-corrected chi connectivity index (χ3v) is 3.26. The van der Waals surface area contributed by atoms with Crippen LogP contribution in [-0.2, 0) is 4.74 Å². The summed E-state index contributed by atoms with van der Waals surface area (Å²) >= 11 is 0. The molecule has 0 spiro atoms. The van der Waals surface area contributed by atoms with Crippen LogP contribution >= 0.6 is 0 Å². The lowest BCUT2D eigenvalue weighted by molar-refractivity contribution is -0.0478. The minimum absolute atomic E-state index is 0.114. The van der Waals surface area contributed by atoms with E-state index in [1.165, 1.54) is 44.9 Å². The Morgan fingerprint density at radius 3 is 2.67 bits per heavy atom. The van der Waals surface area contributed by atoms with Crippen LogP contribution in [-0.4, -0.2) is 25.3 Å². The molecule has 2 heteroatoms. The van der Waals surface area contributed by atoms with Gasteiger partial charge in [-0.2, -0.15) is 0 Å². The van der Waals surface area contributed by atoms with E-state index in [9.17, 15) is 0 Å². The number of unbranched alkanes of at least 4 members (excludes halogenated alkanes) is 4. The van der Waals surface area contributed by atoms with E-state index in [2.05, 4.69) is 19.2 Å². The molecule has 1 aliphatic heterocycles. The molecular formula is C13H27NO. The molecule has 2 nitrogen and oxygen atoms in total. The Kier molecular flexibility index (Phi) is 6.26. The second-order valence-corrected chi connectivity index (χ2v) is 4.99. The lowest BCUT2D eigenvalue weighted by Gasteiger charge is -2.34. The first kappa shape index (κ1) is 13.0. The number of hydrogen-bond donors (Lipinski definition) is 1. The zero-order valence-corrected chi connectivity index (χ0v) is 10.5. The highest BCUT2D eigenvalue weighted by atomic mass is 16.5. The SMILES string of the molecule is CCCCCCCOC1(C)CCCNC1. The van der Waals surface area contributed by atoms with Crippen LogP contribution in [0.15, 0.2) is 0 Å². The molecule has 90 valence electrons. The average Bonchev–Trinajstić information content (AvgIpc) is 2.24. The number of hydrogen-bond acceptors (Lipinski definition) is 2. The van der Waals surface area contributed by atoms with Crippen LogP contribution in [0.3, 0.4) is 0 Å². The second kappa shape index (κ2) is 7.24.